The number of nitrogens with zero attached hydrogens (tertiary/aromatic N) is 2. The number of rotatable bonds is 7. The third-order valence-electron chi connectivity index (χ3n) is 5.32. The Morgan fingerprint density at radius 1 is 0.767 bits per heavy atom. The van der Waals surface area contributed by atoms with Crippen LogP contribution in [-0.2, 0) is 19.4 Å². The number of halogens is 1. The highest BCUT2D eigenvalue weighted by Crippen LogP contribution is 2.21. The van der Waals surface area contributed by atoms with Gasteiger partial charge in [-0.1, -0.05) is 74.0 Å². The summed E-state index contributed by atoms with van der Waals surface area (Å²) in [7, 11) is 0. The molecule has 0 unspecified atom stereocenters. The Labute approximate surface area is 176 Å². The zero-order valence-electron chi connectivity index (χ0n) is 17.1. The first kappa shape index (κ1) is 19.9. The van der Waals surface area contributed by atoms with Gasteiger partial charge in [-0.15, -0.1) is 0 Å². The van der Waals surface area contributed by atoms with Crippen LogP contribution < -0.4 is 5.69 Å². The zero-order chi connectivity index (χ0) is 20.9. The van der Waals surface area contributed by atoms with Crippen molar-refractivity contribution in [2.75, 3.05) is 0 Å². The summed E-state index contributed by atoms with van der Waals surface area (Å²) in [4.78, 5) is 13.6. The molecule has 30 heavy (non-hydrogen) atoms. The zero-order valence-corrected chi connectivity index (χ0v) is 17.1. The lowest BCUT2D eigenvalue weighted by Crippen LogP contribution is -2.25. The fourth-order valence-corrected chi connectivity index (χ4v) is 3.91. The van der Waals surface area contributed by atoms with Gasteiger partial charge in [0.05, 0.1) is 17.9 Å². The second-order valence-corrected chi connectivity index (χ2v) is 7.47. The van der Waals surface area contributed by atoms with Crippen molar-refractivity contribution in [3.8, 4) is 5.69 Å². The van der Waals surface area contributed by atoms with Crippen molar-refractivity contribution in [1.82, 2.24) is 9.13 Å². The largest absolute Gasteiger partial charge is 0.333 e. The minimum absolute atomic E-state index is 0.0835. The average molecular weight is 400 g/mol. The standard InChI is InChI=1S/C26H25FN2O/c1-2-9-24-25(18-20-10-5-3-6-11-20)29(23-16-14-22(27)15-17-23)26(30)28(24)19-21-12-7-4-8-13-21/h3-8,10-17H,2,9,18-19H2,1H3. The maximum Gasteiger partial charge on any atom is 0.333 e. The molecule has 0 atom stereocenters. The molecule has 0 spiro atoms. The molecular weight excluding hydrogens is 375 g/mol. The molecule has 4 aromatic rings. The van der Waals surface area contributed by atoms with E-state index < -0.39 is 0 Å². The Hall–Kier alpha value is -3.40. The Kier molecular flexibility index (Phi) is 5.94. The molecule has 0 radical (unpaired) electrons. The van der Waals surface area contributed by atoms with Gasteiger partial charge in [0.15, 0.2) is 0 Å². The van der Waals surface area contributed by atoms with Crippen molar-refractivity contribution in [1.29, 1.82) is 0 Å². The van der Waals surface area contributed by atoms with Crippen LogP contribution in [-0.4, -0.2) is 9.13 Å². The SMILES string of the molecule is CCCc1c(Cc2ccccc2)n(-c2ccc(F)cc2)c(=O)n1Cc1ccccc1. The van der Waals surface area contributed by atoms with E-state index in [0.29, 0.717) is 18.7 Å². The molecule has 0 aliphatic rings. The summed E-state index contributed by atoms with van der Waals surface area (Å²) in [6.07, 6.45) is 2.38. The molecule has 4 heteroatoms. The molecule has 4 rings (SSSR count). The third kappa shape index (κ3) is 4.13. The van der Waals surface area contributed by atoms with Crippen LogP contribution in [0.2, 0.25) is 0 Å². The number of imidazole rings is 1. The van der Waals surface area contributed by atoms with Crippen LogP contribution in [0.25, 0.3) is 5.69 Å². The summed E-state index contributed by atoms with van der Waals surface area (Å²) in [5.41, 5.74) is 4.84. The second kappa shape index (κ2) is 8.95. The molecule has 0 amide bonds. The Balaban J connectivity index is 1.91. The number of hydrogen-bond acceptors (Lipinski definition) is 1. The summed E-state index contributed by atoms with van der Waals surface area (Å²) in [6.45, 7) is 2.64. The van der Waals surface area contributed by atoms with Crippen molar-refractivity contribution in [2.24, 2.45) is 0 Å². The highest BCUT2D eigenvalue weighted by Gasteiger charge is 2.21. The van der Waals surface area contributed by atoms with Gasteiger partial charge in [0, 0.05) is 12.1 Å². The minimum Gasteiger partial charge on any atom is -0.291 e. The fraction of sp³-hybridized carbons (Fsp3) is 0.192. The first-order valence-electron chi connectivity index (χ1n) is 10.3. The minimum atomic E-state index is -0.311. The molecule has 152 valence electrons. The molecule has 0 bridgehead atoms. The van der Waals surface area contributed by atoms with Crippen LogP contribution in [0, 0.1) is 5.82 Å². The highest BCUT2D eigenvalue weighted by atomic mass is 19.1. The third-order valence-corrected chi connectivity index (χ3v) is 5.32. The van der Waals surface area contributed by atoms with Gasteiger partial charge >= 0.3 is 5.69 Å². The van der Waals surface area contributed by atoms with Crippen LogP contribution in [0.1, 0.15) is 35.9 Å². The van der Waals surface area contributed by atoms with Gasteiger partial charge in [-0.2, -0.15) is 0 Å². The highest BCUT2D eigenvalue weighted by molar-refractivity contribution is 5.39. The topological polar surface area (TPSA) is 26.9 Å². The monoisotopic (exact) mass is 400 g/mol. The van der Waals surface area contributed by atoms with Gasteiger partial charge in [-0.25, -0.2) is 9.18 Å². The van der Waals surface area contributed by atoms with Gasteiger partial charge in [-0.3, -0.25) is 9.13 Å². The molecule has 0 N–H and O–H groups in total. The van der Waals surface area contributed by atoms with Crippen molar-refractivity contribution in [2.45, 2.75) is 32.7 Å². The Morgan fingerprint density at radius 2 is 1.37 bits per heavy atom. The van der Waals surface area contributed by atoms with Crippen LogP contribution >= 0.6 is 0 Å². The molecule has 3 nitrogen and oxygen atoms in total. The molecule has 0 saturated carbocycles. The van der Waals surface area contributed by atoms with E-state index in [-0.39, 0.29) is 11.5 Å². The van der Waals surface area contributed by atoms with E-state index in [4.69, 9.17) is 0 Å². The van der Waals surface area contributed by atoms with Gasteiger partial charge in [0.1, 0.15) is 5.82 Å². The number of hydrogen-bond donors (Lipinski definition) is 0. The first-order chi connectivity index (χ1) is 14.7. The summed E-state index contributed by atoms with van der Waals surface area (Å²) in [6, 6.07) is 26.3. The summed E-state index contributed by atoms with van der Waals surface area (Å²) < 4.78 is 17.2. The molecule has 1 heterocycles. The van der Waals surface area contributed by atoms with E-state index in [1.165, 1.54) is 12.1 Å². The van der Waals surface area contributed by atoms with Gasteiger partial charge in [-0.05, 0) is 41.8 Å². The molecule has 0 aliphatic heterocycles. The fourth-order valence-electron chi connectivity index (χ4n) is 3.91. The van der Waals surface area contributed by atoms with Gasteiger partial charge in [0.2, 0.25) is 0 Å². The van der Waals surface area contributed by atoms with Gasteiger partial charge in [0.25, 0.3) is 0 Å². The lowest BCUT2D eigenvalue weighted by Gasteiger charge is -2.11. The van der Waals surface area contributed by atoms with Crippen molar-refractivity contribution >= 4 is 0 Å². The maximum absolute atomic E-state index is 13.6. The van der Waals surface area contributed by atoms with E-state index in [1.54, 1.807) is 16.7 Å². The predicted molar refractivity (Wildman–Crippen MR) is 119 cm³/mol. The van der Waals surface area contributed by atoms with Crippen LogP contribution in [0.4, 0.5) is 4.39 Å². The maximum atomic E-state index is 13.6. The van der Waals surface area contributed by atoms with Crippen LogP contribution in [0.5, 0.6) is 0 Å². The molecular formula is C26H25FN2O. The van der Waals surface area contributed by atoms with E-state index in [1.807, 2.05) is 53.1 Å². The molecule has 0 aliphatic carbocycles. The lowest BCUT2D eigenvalue weighted by molar-refractivity contribution is 0.627. The van der Waals surface area contributed by atoms with Gasteiger partial charge < -0.3 is 0 Å². The molecule has 3 aromatic carbocycles. The second-order valence-electron chi connectivity index (χ2n) is 7.47. The van der Waals surface area contributed by atoms with E-state index in [2.05, 4.69) is 19.1 Å². The summed E-state index contributed by atoms with van der Waals surface area (Å²) in [5.74, 6) is -0.311. The number of aromatic nitrogens is 2. The van der Waals surface area contributed by atoms with Crippen LogP contribution in [0.3, 0.4) is 0 Å². The van der Waals surface area contributed by atoms with Crippen molar-refractivity contribution < 1.29 is 4.39 Å². The summed E-state index contributed by atoms with van der Waals surface area (Å²) in [5, 5.41) is 0. The Morgan fingerprint density at radius 3 is 1.97 bits per heavy atom. The normalized spacial score (nSPS) is 11.0. The number of benzene rings is 3. The average Bonchev–Trinajstić information content (AvgIpc) is 3.01. The molecule has 0 saturated heterocycles. The smallest absolute Gasteiger partial charge is 0.291 e. The quantitative estimate of drug-likeness (QED) is 0.410. The Bertz CT molecular complexity index is 1160. The molecule has 0 fully saturated rings. The van der Waals surface area contributed by atoms with Crippen molar-refractivity contribution in [3.63, 3.8) is 0 Å². The van der Waals surface area contributed by atoms with E-state index in [0.717, 1.165) is 35.4 Å². The van der Waals surface area contributed by atoms with Crippen LogP contribution in [0.15, 0.2) is 89.7 Å². The van der Waals surface area contributed by atoms with Crippen molar-refractivity contribution in [3.05, 3.63) is 124 Å². The lowest BCUT2D eigenvalue weighted by atomic mass is 10.1. The molecule has 1 aromatic heterocycles. The predicted octanol–water partition coefficient (Wildman–Crippen LogP) is 5.37. The summed E-state index contributed by atoms with van der Waals surface area (Å²) >= 11 is 0. The first-order valence-corrected chi connectivity index (χ1v) is 10.3. The van der Waals surface area contributed by atoms with E-state index in [9.17, 15) is 9.18 Å². The van der Waals surface area contributed by atoms with E-state index >= 15 is 0 Å².